The summed E-state index contributed by atoms with van der Waals surface area (Å²) in [5, 5.41) is 16.3. The highest BCUT2D eigenvalue weighted by atomic mass is 32.1. The summed E-state index contributed by atoms with van der Waals surface area (Å²) >= 11 is 1.66. The third-order valence-corrected chi connectivity index (χ3v) is 4.73. The number of nitrogens with zero attached hydrogens (tertiary/aromatic N) is 5. The molecule has 4 aromatic heterocycles. The summed E-state index contributed by atoms with van der Waals surface area (Å²) in [5.41, 5.74) is 4.42. The van der Waals surface area contributed by atoms with Crippen LogP contribution in [0.5, 0.6) is 0 Å². The first kappa shape index (κ1) is 16.2. The summed E-state index contributed by atoms with van der Waals surface area (Å²) in [6.07, 6.45) is 9.07. The number of hydrogen-bond acceptors (Lipinski definition) is 6. The van der Waals surface area contributed by atoms with Crippen molar-refractivity contribution in [3.8, 4) is 17.3 Å². The number of anilines is 1. The zero-order valence-corrected chi connectivity index (χ0v) is 14.8. The first-order chi connectivity index (χ1) is 12.8. The predicted molar refractivity (Wildman–Crippen MR) is 102 cm³/mol. The third kappa shape index (κ3) is 3.41. The highest BCUT2D eigenvalue weighted by Crippen LogP contribution is 2.23. The summed E-state index contributed by atoms with van der Waals surface area (Å²) in [6.45, 7) is 0.768. The Labute approximate surface area is 154 Å². The van der Waals surface area contributed by atoms with E-state index in [2.05, 4.69) is 32.8 Å². The van der Waals surface area contributed by atoms with Gasteiger partial charge in [-0.2, -0.15) is 16.6 Å². The second-order valence-electron chi connectivity index (χ2n) is 5.83. The molecule has 0 radical (unpaired) electrons. The van der Waals surface area contributed by atoms with Crippen LogP contribution in [-0.2, 0) is 6.42 Å². The molecule has 0 fully saturated rings. The minimum absolute atomic E-state index is 0.586. The van der Waals surface area contributed by atoms with Crippen LogP contribution in [0.4, 0.5) is 5.82 Å². The number of nitriles is 1. The van der Waals surface area contributed by atoms with Crippen LogP contribution in [0.2, 0.25) is 0 Å². The van der Waals surface area contributed by atoms with Crippen molar-refractivity contribution >= 4 is 22.8 Å². The molecule has 7 heteroatoms. The van der Waals surface area contributed by atoms with E-state index in [0.717, 1.165) is 47.8 Å². The number of nitrogens with one attached hydrogen (secondary N) is 1. The van der Waals surface area contributed by atoms with Crippen LogP contribution >= 0.6 is 11.3 Å². The van der Waals surface area contributed by atoms with Gasteiger partial charge in [0.1, 0.15) is 6.07 Å². The lowest BCUT2D eigenvalue weighted by atomic mass is 10.2. The number of pyridine rings is 1. The number of imidazole rings is 1. The van der Waals surface area contributed by atoms with Gasteiger partial charge in [0.25, 0.3) is 0 Å². The minimum Gasteiger partial charge on any atom is -0.367 e. The first-order valence-corrected chi connectivity index (χ1v) is 9.23. The van der Waals surface area contributed by atoms with Crippen LogP contribution in [0.25, 0.3) is 16.9 Å². The lowest BCUT2D eigenvalue weighted by molar-refractivity contribution is 0.832. The topological polar surface area (TPSA) is 78.9 Å². The number of thiophene rings is 1. The molecular formula is C19H16N6S. The maximum atomic E-state index is 8.81. The standard InChI is InChI=1S/C19H16N6S/c20-10-14-3-4-16(23-11-14)2-1-6-21-18-19-22-7-8-25(19)12-17(24-18)15-5-9-26-13-15/h3-5,7-9,11-13H,1-2,6H2,(H,21,24). The van der Waals surface area contributed by atoms with Gasteiger partial charge in [-0.3, -0.25) is 4.98 Å². The van der Waals surface area contributed by atoms with Crippen molar-refractivity contribution in [1.29, 1.82) is 5.26 Å². The molecule has 26 heavy (non-hydrogen) atoms. The van der Waals surface area contributed by atoms with Gasteiger partial charge in [0.2, 0.25) is 0 Å². The fourth-order valence-corrected chi connectivity index (χ4v) is 3.36. The van der Waals surface area contributed by atoms with E-state index in [-0.39, 0.29) is 0 Å². The van der Waals surface area contributed by atoms with E-state index < -0.39 is 0 Å². The van der Waals surface area contributed by atoms with E-state index in [0.29, 0.717) is 5.56 Å². The van der Waals surface area contributed by atoms with Crippen LogP contribution in [0.15, 0.2) is 53.7 Å². The van der Waals surface area contributed by atoms with Crippen LogP contribution in [0.1, 0.15) is 17.7 Å². The maximum Gasteiger partial charge on any atom is 0.180 e. The normalized spacial score (nSPS) is 10.7. The first-order valence-electron chi connectivity index (χ1n) is 8.28. The van der Waals surface area contributed by atoms with Crippen LogP contribution in [-0.4, -0.2) is 25.9 Å². The molecule has 1 N–H and O–H groups in total. The van der Waals surface area contributed by atoms with E-state index >= 15 is 0 Å². The summed E-state index contributed by atoms with van der Waals surface area (Å²) in [4.78, 5) is 13.4. The van der Waals surface area contributed by atoms with Crippen molar-refractivity contribution in [3.05, 3.63) is 65.0 Å². The Morgan fingerprint density at radius 1 is 1.23 bits per heavy atom. The van der Waals surface area contributed by atoms with E-state index in [9.17, 15) is 0 Å². The van der Waals surface area contributed by atoms with Crippen LogP contribution < -0.4 is 5.32 Å². The highest BCUT2D eigenvalue weighted by molar-refractivity contribution is 7.08. The number of aromatic nitrogens is 4. The van der Waals surface area contributed by atoms with Crippen molar-refractivity contribution in [1.82, 2.24) is 19.4 Å². The molecule has 0 aromatic carbocycles. The van der Waals surface area contributed by atoms with E-state index in [4.69, 9.17) is 10.2 Å². The van der Waals surface area contributed by atoms with Crippen molar-refractivity contribution in [2.45, 2.75) is 12.8 Å². The van der Waals surface area contributed by atoms with Gasteiger partial charge in [0, 0.05) is 48.0 Å². The molecule has 0 unspecified atom stereocenters. The summed E-state index contributed by atoms with van der Waals surface area (Å²) < 4.78 is 1.99. The van der Waals surface area contributed by atoms with Gasteiger partial charge in [0.05, 0.1) is 11.3 Å². The number of hydrogen-bond donors (Lipinski definition) is 1. The molecule has 0 aliphatic carbocycles. The molecule has 128 valence electrons. The number of rotatable bonds is 6. The van der Waals surface area contributed by atoms with Gasteiger partial charge < -0.3 is 9.72 Å². The molecule has 4 rings (SSSR count). The monoisotopic (exact) mass is 360 g/mol. The smallest absolute Gasteiger partial charge is 0.180 e. The van der Waals surface area contributed by atoms with Crippen LogP contribution in [0.3, 0.4) is 0 Å². The minimum atomic E-state index is 0.586. The number of fused-ring (bicyclic) bond motifs is 1. The van der Waals surface area contributed by atoms with Crippen molar-refractivity contribution in [3.63, 3.8) is 0 Å². The van der Waals surface area contributed by atoms with Gasteiger partial charge in [-0.25, -0.2) is 9.97 Å². The number of aryl methyl sites for hydroxylation is 1. The zero-order valence-electron chi connectivity index (χ0n) is 14.0. The highest BCUT2D eigenvalue weighted by Gasteiger charge is 2.09. The molecule has 0 aliphatic heterocycles. The Morgan fingerprint density at radius 2 is 2.19 bits per heavy atom. The SMILES string of the molecule is N#Cc1ccc(CCCNc2nc(-c3ccsc3)cn3ccnc23)nc1. The molecule has 0 spiro atoms. The van der Waals surface area contributed by atoms with E-state index in [1.807, 2.05) is 28.2 Å². The molecule has 0 saturated carbocycles. The largest absolute Gasteiger partial charge is 0.367 e. The Morgan fingerprint density at radius 3 is 2.96 bits per heavy atom. The molecule has 4 heterocycles. The summed E-state index contributed by atoms with van der Waals surface area (Å²) in [5.74, 6) is 0.784. The van der Waals surface area contributed by atoms with Gasteiger partial charge in [0.15, 0.2) is 11.5 Å². The summed E-state index contributed by atoms with van der Waals surface area (Å²) in [6, 6.07) is 7.85. The molecular weight excluding hydrogens is 344 g/mol. The molecule has 0 aliphatic rings. The van der Waals surface area contributed by atoms with Crippen LogP contribution in [0, 0.1) is 11.3 Å². The second-order valence-corrected chi connectivity index (χ2v) is 6.61. The van der Waals surface area contributed by atoms with E-state index in [1.165, 1.54) is 0 Å². The average Bonchev–Trinajstić information content (AvgIpc) is 3.37. The Kier molecular flexibility index (Phi) is 4.58. The Bertz CT molecular complexity index is 1040. The fourth-order valence-electron chi connectivity index (χ4n) is 2.71. The lowest BCUT2D eigenvalue weighted by Gasteiger charge is -2.09. The molecule has 0 amide bonds. The lowest BCUT2D eigenvalue weighted by Crippen LogP contribution is -2.07. The van der Waals surface area contributed by atoms with Gasteiger partial charge in [-0.15, -0.1) is 0 Å². The Hall–Kier alpha value is -3.24. The molecule has 0 bridgehead atoms. The van der Waals surface area contributed by atoms with Gasteiger partial charge in [-0.05, 0) is 36.4 Å². The average molecular weight is 360 g/mol. The quantitative estimate of drug-likeness (QED) is 0.530. The third-order valence-electron chi connectivity index (χ3n) is 4.05. The zero-order chi connectivity index (χ0) is 17.8. The Balaban J connectivity index is 1.45. The van der Waals surface area contributed by atoms with Crippen molar-refractivity contribution in [2.75, 3.05) is 11.9 Å². The van der Waals surface area contributed by atoms with Crippen molar-refractivity contribution in [2.24, 2.45) is 0 Å². The van der Waals surface area contributed by atoms with Gasteiger partial charge in [-0.1, -0.05) is 0 Å². The molecule has 0 atom stereocenters. The molecule has 6 nitrogen and oxygen atoms in total. The van der Waals surface area contributed by atoms with Crippen molar-refractivity contribution < 1.29 is 0 Å². The van der Waals surface area contributed by atoms with Gasteiger partial charge >= 0.3 is 0 Å². The fraction of sp³-hybridized carbons (Fsp3) is 0.158. The van der Waals surface area contributed by atoms with E-state index in [1.54, 1.807) is 29.8 Å². The molecule has 0 saturated heterocycles. The summed E-state index contributed by atoms with van der Waals surface area (Å²) in [7, 11) is 0. The second kappa shape index (κ2) is 7.33. The predicted octanol–water partition coefficient (Wildman–Crippen LogP) is 3.77. The molecule has 4 aromatic rings. The maximum absolute atomic E-state index is 8.81.